The zero-order valence-electron chi connectivity index (χ0n) is 14.4. The van der Waals surface area contributed by atoms with Crippen LogP contribution in [0.5, 0.6) is 0 Å². The number of aromatic nitrogens is 1. The third-order valence-corrected chi connectivity index (χ3v) is 4.68. The predicted molar refractivity (Wildman–Crippen MR) is 110 cm³/mol. The van der Waals surface area contributed by atoms with Crippen molar-refractivity contribution in [2.24, 2.45) is 4.99 Å². The van der Waals surface area contributed by atoms with Gasteiger partial charge in [0.25, 0.3) is 0 Å². The van der Waals surface area contributed by atoms with Gasteiger partial charge in [0.1, 0.15) is 5.82 Å². The lowest BCUT2D eigenvalue weighted by Crippen LogP contribution is -2.38. The summed E-state index contributed by atoms with van der Waals surface area (Å²) >= 11 is 1.70. The second-order valence-corrected chi connectivity index (χ2v) is 6.56. The monoisotopic (exact) mass is 473 g/mol. The normalized spacial score (nSPS) is 10.8. The van der Waals surface area contributed by atoms with Gasteiger partial charge in [-0.25, -0.2) is 9.37 Å². The Morgan fingerprint density at radius 2 is 2.12 bits per heavy atom. The van der Waals surface area contributed by atoms with Crippen LogP contribution in [0.2, 0.25) is 0 Å². The molecule has 8 heteroatoms. The van der Waals surface area contributed by atoms with Gasteiger partial charge in [-0.05, 0) is 32.0 Å². The number of aliphatic imine (C=N–C) groups is 1. The van der Waals surface area contributed by atoms with Gasteiger partial charge < -0.3 is 10.6 Å². The van der Waals surface area contributed by atoms with Gasteiger partial charge in [0, 0.05) is 37.0 Å². The highest BCUT2D eigenvalue weighted by molar-refractivity contribution is 14.0. The fraction of sp³-hybridized carbons (Fsp3) is 0.353. The lowest BCUT2D eigenvalue weighted by atomic mass is 10.1. The van der Waals surface area contributed by atoms with E-state index < -0.39 is 0 Å². The molecular formula is C17H21FIN5S. The fourth-order valence-electron chi connectivity index (χ4n) is 2.11. The Kier molecular flexibility index (Phi) is 8.78. The van der Waals surface area contributed by atoms with E-state index in [1.165, 1.54) is 23.1 Å². The number of nitriles is 1. The molecule has 0 unspecified atom stereocenters. The molecule has 0 aliphatic carbocycles. The van der Waals surface area contributed by atoms with Crippen LogP contribution < -0.4 is 10.6 Å². The molecule has 0 amide bonds. The van der Waals surface area contributed by atoms with Crippen LogP contribution in [0.15, 0.2) is 23.2 Å². The summed E-state index contributed by atoms with van der Waals surface area (Å²) in [5, 5.41) is 16.2. The first kappa shape index (κ1) is 21.3. The van der Waals surface area contributed by atoms with Crippen LogP contribution in [-0.2, 0) is 13.0 Å². The molecule has 0 spiro atoms. The third-order valence-electron chi connectivity index (χ3n) is 3.55. The summed E-state index contributed by atoms with van der Waals surface area (Å²) in [7, 11) is 1.66. The topological polar surface area (TPSA) is 73.1 Å². The van der Waals surface area contributed by atoms with Crippen molar-refractivity contribution in [2.75, 3.05) is 13.6 Å². The number of benzene rings is 1. The minimum atomic E-state index is -0.342. The van der Waals surface area contributed by atoms with Crippen molar-refractivity contribution >= 4 is 41.3 Å². The van der Waals surface area contributed by atoms with Crippen molar-refractivity contribution in [3.05, 3.63) is 50.7 Å². The van der Waals surface area contributed by atoms with Gasteiger partial charge in [-0.3, -0.25) is 4.99 Å². The van der Waals surface area contributed by atoms with Gasteiger partial charge in [0.15, 0.2) is 5.96 Å². The zero-order valence-corrected chi connectivity index (χ0v) is 17.5. The van der Waals surface area contributed by atoms with Crippen molar-refractivity contribution in [2.45, 2.75) is 26.8 Å². The number of halogens is 2. The van der Waals surface area contributed by atoms with Crippen molar-refractivity contribution in [1.29, 1.82) is 5.26 Å². The molecule has 1 heterocycles. The maximum absolute atomic E-state index is 13.8. The molecule has 1 aromatic heterocycles. The molecule has 2 aromatic rings. The average molecular weight is 473 g/mol. The number of nitrogens with zero attached hydrogens (tertiary/aromatic N) is 3. The molecule has 2 rings (SSSR count). The second-order valence-electron chi connectivity index (χ2n) is 5.27. The van der Waals surface area contributed by atoms with Crippen molar-refractivity contribution in [3.8, 4) is 6.07 Å². The first-order valence-electron chi connectivity index (χ1n) is 7.59. The van der Waals surface area contributed by atoms with E-state index in [0.717, 1.165) is 17.1 Å². The van der Waals surface area contributed by atoms with Crippen molar-refractivity contribution in [3.63, 3.8) is 0 Å². The number of hydrogen-bond acceptors (Lipinski definition) is 4. The molecule has 0 aliphatic rings. The van der Waals surface area contributed by atoms with Crippen molar-refractivity contribution in [1.82, 2.24) is 15.6 Å². The highest BCUT2D eigenvalue weighted by Crippen LogP contribution is 2.16. The van der Waals surface area contributed by atoms with Crippen LogP contribution in [0.4, 0.5) is 4.39 Å². The SMILES string of the molecule is CN=C(NCCc1nc(C)c(C)s1)NCc1cc(C#N)ccc1F.I. The first-order valence-corrected chi connectivity index (χ1v) is 8.41. The Morgan fingerprint density at radius 3 is 2.72 bits per heavy atom. The molecule has 134 valence electrons. The standard InChI is InChI=1S/C17H20FN5S.HI/c1-11-12(2)24-16(23-11)6-7-21-17(20-3)22-10-14-8-13(9-19)4-5-15(14)18;/h4-5,8H,6-7,10H2,1-3H3,(H2,20,21,22);1H. The van der Waals surface area contributed by atoms with Crippen LogP contribution in [-0.4, -0.2) is 24.5 Å². The molecule has 1 aromatic carbocycles. The molecule has 0 atom stereocenters. The summed E-state index contributed by atoms with van der Waals surface area (Å²) in [6.07, 6.45) is 0.804. The number of rotatable bonds is 5. The summed E-state index contributed by atoms with van der Waals surface area (Å²) in [5.74, 6) is 0.243. The van der Waals surface area contributed by atoms with Crippen LogP contribution in [0, 0.1) is 31.0 Å². The molecular weight excluding hydrogens is 452 g/mol. The summed E-state index contributed by atoms with van der Waals surface area (Å²) in [5.41, 5.74) is 1.94. The third kappa shape index (κ3) is 6.25. The first-order chi connectivity index (χ1) is 11.5. The van der Waals surface area contributed by atoms with E-state index in [9.17, 15) is 4.39 Å². The highest BCUT2D eigenvalue weighted by Gasteiger charge is 2.06. The van der Waals surface area contributed by atoms with E-state index in [4.69, 9.17) is 5.26 Å². The van der Waals surface area contributed by atoms with Gasteiger partial charge in [0.05, 0.1) is 22.3 Å². The highest BCUT2D eigenvalue weighted by atomic mass is 127. The van der Waals surface area contributed by atoms with Gasteiger partial charge in [-0.2, -0.15) is 5.26 Å². The van der Waals surface area contributed by atoms with Crippen LogP contribution in [0.1, 0.15) is 26.7 Å². The molecule has 0 radical (unpaired) electrons. The minimum absolute atomic E-state index is 0. The van der Waals surface area contributed by atoms with E-state index in [2.05, 4.69) is 27.5 Å². The van der Waals surface area contributed by atoms with Gasteiger partial charge in [-0.1, -0.05) is 0 Å². The van der Waals surface area contributed by atoms with E-state index >= 15 is 0 Å². The quantitative estimate of drug-likeness (QED) is 0.397. The lowest BCUT2D eigenvalue weighted by Gasteiger charge is -2.12. The molecule has 25 heavy (non-hydrogen) atoms. The van der Waals surface area contributed by atoms with E-state index in [-0.39, 0.29) is 36.3 Å². The summed E-state index contributed by atoms with van der Waals surface area (Å²) in [4.78, 5) is 9.85. The number of nitrogens with one attached hydrogen (secondary N) is 2. The maximum atomic E-state index is 13.8. The zero-order chi connectivity index (χ0) is 17.5. The van der Waals surface area contributed by atoms with Crippen LogP contribution in [0.25, 0.3) is 0 Å². The Morgan fingerprint density at radius 1 is 1.36 bits per heavy atom. The smallest absolute Gasteiger partial charge is 0.191 e. The lowest BCUT2D eigenvalue weighted by molar-refractivity contribution is 0.604. The molecule has 5 nitrogen and oxygen atoms in total. The number of guanidine groups is 1. The number of aryl methyl sites for hydroxylation is 2. The largest absolute Gasteiger partial charge is 0.356 e. The Labute approximate surface area is 168 Å². The summed E-state index contributed by atoms with van der Waals surface area (Å²) in [6.45, 7) is 5.02. The van der Waals surface area contributed by atoms with E-state index in [1.807, 2.05) is 13.0 Å². The number of thiazole rings is 1. The molecule has 2 N–H and O–H groups in total. The number of hydrogen-bond donors (Lipinski definition) is 2. The van der Waals surface area contributed by atoms with Gasteiger partial charge in [0.2, 0.25) is 0 Å². The van der Waals surface area contributed by atoms with E-state index in [1.54, 1.807) is 18.4 Å². The van der Waals surface area contributed by atoms with Crippen LogP contribution >= 0.6 is 35.3 Å². The van der Waals surface area contributed by atoms with Crippen molar-refractivity contribution < 1.29 is 4.39 Å². The average Bonchev–Trinajstić information content (AvgIpc) is 2.90. The molecule has 0 aliphatic heterocycles. The summed E-state index contributed by atoms with van der Waals surface area (Å²) < 4.78 is 13.8. The maximum Gasteiger partial charge on any atom is 0.191 e. The van der Waals surface area contributed by atoms with E-state index in [0.29, 0.717) is 23.6 Å². The van der Waals surface area contributed by atoms with Gasteiger partial charge >= 0.3 is 0 Å². The molecule has 0 saturated carbocycles. The second kappa shape index (κ2) is 10.3. The fourth-order valence-corrected chi connectivity index (χ4v) is 3.05. The summed E-state index contributed by atoms with van der Waals surface area (Å²) in [6, 6.07) is 6.31. The Hall–Kier alpha value is -1.73. The molecule has 0 bridgehead atoms. The van der Waals surface area contributed by atoms with Gasteiger partial charge in [-0.15, -0.1) is 35.3 Å². The Bertz CT molecular complexity index is 762. The molecule has 0 saturated heterocycles. The van der Waals surface area contributed by atoms with Crippen LogP contribution in [0.3, 0.4) is 0 Å². The molecule has 0 fully saturated rings. The predicted octanol–water partition coefficient (Wildman–Crippen LogP) is 3.30. The Balaban J connectivity index is 0.00000312. The minimum Gasteiger partial charge on any atom is -0.356 e.